The molecule has 0 radical (unpaired) electrons. The highest BCUT2D eigenvalue weighted by Crippen LogP contribution is 2.17. The summed E-state index contributed by atoms with van der Waals surface area (Å²) in [6.45, 7) is 5.21. The molecule has 2 aromatic heterocycles. The number of carbonyl (C=O) groups is 1. The van der Waals surface area contributed by atoms with Gasteiger partial charge in [0.25, 0.3) is 5.91 Å². The molecule has 0 unspecified atom stereocenters. The fraction of sp³-hybridized carbons (Fsp3) is 0.318. The number of benzene rings is 1. The summed E-state index contributed by atoms with van der Waals surface area (Å²) in [7, 11) is 0. The lowest BCUT2D eigenvalue weighted by atomic mass is 10.1. The number of rotatable bonds is 5. The number of amides is 1. The molecule has 1 saturated heterocycles. The maximum absolute atomic E-state index is 12.7. The number of hydrogen-bond acceptors (Lipinski definition) is 4. The van der Waals surface area contributed by atoms with E-state index in [9.17, 15) is 4.79 Å². The summed E-state index contributed by atoms with van der Waals surface area (Å²) >= 11 is 0. The van der Waals surface area contributed by atoms with Gasteiger partial charge in [0.15, 0.2) is 5.82 Å². The van der Waals surface area contributed by atoms with E-state index in [-0.39, 0.29) is 5.91 Å². The van der Waals surface area contributed by atoms with Crippen LogP contribution in [0.2, 0.25) is 0 Å². The van der Waals surface area contributed by atoms with Gasteiger partial charge in [0.2, 0.25) is 0 Å². The highest BCUT2D eigenvalue weighted by Gasteiger charge is 2.16. The molecule has 1 aliphatic heterocycles. The SMILES string of the molecule is Cc1c(C(=O)Nc2ccc(CN3CCCCC3)cc2)cnn1-c1ccccn1. The van der Waals surface area contributed by atoms with Gasteiger partial charge in [-0.1, -0.05) is 24.6 Å². The third kappa shape index (κ3) is 4.12. The van der Waals surface area contributed by atoms with Crippen LogP contribution in [0.15, 0.2) is 54.9 Å². The van der Waals surface area contributed by atoms with E-state index in [2.05, 4.69) is 32.4 Å². The van der Waals surface area contributed by atoms with Crippen LogP contribution in [0.3, 0.4) is 0 Å². The molecule has 0 aliphatic carbocycles. The quantitative estimate of drug-likeness (QED) is 0.736. The molecule has 0 bridgehead atoms. The van der Waals surface area contributed by atoms with Gasteiger partial charge in [-0.05, 0) is 62.7 Å². The summed E-state index contributed by atoms with van der Waals surface area (Å²) in [6.07, 6.45) is 7.23. The molecule has 1 fully saturated rings. The smallest absolute Gasteiger partial charge is 0.259 e. The maximum Gasteiger partial charge on any atom is 0.259 e. The number of likely N-dealkylation sites (tertiary alicyclic amines) is 1. The molecule has 0 spiro atoms. The van der Waals surface area contributed by atoms with Crippen molar-refractivity contribution in [2.45, 2.75) is 32.7 Å². The molecule has 1 aromatic carbocycles. The molecule has 3 heterocycles. The Morgan fingerprint density at radius 3 is 2.57 bits per heavy atom. The first kappa shape index (κ1) is 18.4. The van der Waals surface area contributed by atoms with Crippen molar-refractivity contribution in [1.29, 1.82) is 0 Å². The standard InChI is InChI=1S/C22H25N5O/c1-17-20(15-24-27(17)21-7-3-4-12-23-21)22(28)25-19-10-8-18(9-11-19)16-26-13-5-2-6-14-26/h3-4,7-12,15H,2,5-6,13-14,16H2,1H3,(H,25,28). The minimum absolute atomic E-state index is 0.163. The van der Waals surface area contributed by atoms with Gasteiger partial charge in [0, 0.05) is 18.4 Å². The van der Waals surface area contributed by atoms with Gasteiger partial charge in [-0.15, -0.1) is 0 Å². The van der Waals surface area contributed by atoms with Gasteiger partial charge in [0.1, 0.15) is 0 Å². The van der Waals surface area contributed by atoms with E-state index in [1.165, 1.54) is 37.9 Å². The van der Waals surface area contributed by atoms with E-state index in [0.29, 0.717) is 11.4 Å². The van der Waals surface area contributed by atoms with E-state index < -0.39 is 0 Å². The number of nitrogens with one attached hydrogen (secondary N) is 1. The second-order valence-corrected chi connectivity index (χ2v) is 7.23. The monoisotopic (exact) mass is 375 g/mol. The zero-order valence-corrected chi connectivity index (χ0v) is 16.1. The van der Waals surface area contributed by atoms with Gasteiger partial charge in [0.05, 0.1) is 17.5 Å². The van der Waals surface area contributed by atoms with Crippen molar-refractivity contribution in [2.24, 2.45) is 0 Å². The molecule has 0 atom stereocenters. The topological polar surface area (TPSA) is 63.1 Å². The zero-order chi connectivity index (χ0) is 19.3. The van der Waals surface area contributed by atoms with Crippen molar-refractivity contribution in [3.63, 3.8) is 0 Å². The number of nitrogens with zero attached hydrogens (tertiary/aromatic N) is 4. The number of carbonyl (C=O) groups excluding carboxylic acids is 1. The van der Waals surface area contributed by atoms with E-state index in [1.807, 2.05) is 37.3 Å². The van der Waals surface area contributed by atoms with Crippen LogP contribution in [-0.2, 0) is 6.54 Å². The predicted octanol–water partition coefficient (Wildman–Crippen LogP) is 3.81. The predicted molar refractivity (Wildman–Crippen MR) is 110 cm³/mol. The van der Waals surface area contributed by atoms with Gasteiger partial charge in [-0.2, -0.15) is 5.10 Å². The molecule has 144 valence electrons. The summed E-state index contributed by atoms with van der Waals surface area (Å²) in [5.74, 6) is 0.532. The first-order valence-corrected chi connectivity index (χ1v) is 9.79. The minimum atomic E-state index is -0.163. The van der Waals surface area contributed by atoms with E-state index in [0.717, 1.165) is 17.9 Å². The molecule has 1 aliphatic rings. The van der Waals surface area contributed by atoms with Crippen molar-refractivity contribution < 1.29 is 4.79 Å². The normalized spacial score (nSPS) is 14.8. The van der Waals surface area contributed by atoms with Crippen LogP contribution < -0.4 is 5.32 Å². The summed E-state index contributed by atoms with van der Waals surface area (Å²) < 4.78 is 1.68. The van der Waals surface area contributed by atoms with Crippen LogP contribution in [0.4, 0.5) is 5.69 Å². The van der Waals surface area contributed by atoms with Gasteiger partial charge >= 0.3 is 0 Å². The van der Waals surface area contributed by atoms with Crippen LogP contribution in [0.25, 0.3) is 5.82 Å². The molecule has 1 N–H and O–H groups in total. The highest BCUT2D eigenvalue weighted by atomic mass is 16.1. The molecular weight excluding hydrogens is 350 g/mol. The average molecular weight is 375 g/mol. The first-order valence-electron chi connectivity index (χ1n) is 9.79. The van der Waals surface area contributed by atoms with E-state index in [4.69, 9.17) is 0 Å². The molecule has 1 amide bonds. The lowest BCUT2D eigenvalue weighted by molar-refractivity contribution is 0.102. The zero-order valence-electron chi connectivity index (χ0n) is 16.1. The maximum atomic E-state index is 12.7. The highest BCUT2D eigenvalue weighted by molar-refractivity contribution is 6.04. The van der Waals surface area contributed by atoms with Crippen molar-refractivity contribution in [2.75, 3.05) is 18.4 Å². The summed E-state index contributed by atoms with van der Waals surface area (Å²) in [5.41, 5.74) is 3.37. The van der Waals surface area contributed by atoms with Gasteiger partial charge in [-0.25, -0.2) is 9.67 Å². The fourth-order valence-corrected chi connectivity index (χ4v) is 3.61. The molecule has 3 aromatic rings. The Morgan fingerprint density at radius 1 is 1.07 bits per heavy atom. The Bertz CT molecular complexity index is 927. The number of aromatic nitrogens is 3. The summed E-state index contributed by atoms with van der Waals surface area (Å²) in [5, 5.41) is 7.28. The first-order chi connectivity index (χ1) is 13.7. The lowest BCUT2D eigenvalue weighted by Crippen LogP contribution is -2.29. The molecular formula is C22H25N5O. The number of anilines is 1. The van der Waals surface area contributed by atoms with Crippen molar-refractivity contribution >= 4 is 11.6 Å². The number of hydrogen-bond donors (Lipinski definition) is 1. The van der Waals surface area contributed by atoms with Gasteiger partial charge in [-0.3, -0.25) is 9.69 Å². The van der Waals surface area contributed by atoms with Crippen LogP contribution >= 0.6 is 0 Å². The lowest BCUT2D eigenvalue weighted by Gasteiger charge is -2.26. The molecule has 28 heavy (non-hydrogen) atoms. The van der Waals surface area contributed by atoms with Crippen LogP contribution in [0, 0.1) is 6.92 Å². The Labute approximate surface area is 165 Å². The Morgan fingerprint density at radius 2 is 1.86 bits per heavy atom. The Balaban J connectivity index is 1.42. The van der Waals surface area contributed by atoms with Crippen molar-refractivity contribution in [3.8, 4) is 5.82 Å². The van der Waals surface area contributed by atoms with Crippen LogP contribution in [-0.4, -0.2) is 38.7 Å². The second-order valence-electron chi connectivity index (χ2n) is 7.23. The minimum Gasteiger partial charge on any atom is -0.322 e. The van der Waals surface area contributed by atoms with E-state index >= 15 is 0 Å². The summed E-state index contributed by atoms with van der Waals surface area (Å²) in [4.78, 5) is 19.5. The largest absolute Gasteiger partial charge is 0.322 e. The molecule has 0 saturated carbocycles. The Kier molecular flexibility index (Phi) is 5.48. The Hall–Kier alpha value is -2.99. The van der Waals surface area contributed by atoms with Crippen molar-refractivity contribution in [1.82, 2.24) is 19.7 Å². The average Bonchev–Trinajstić information content (AvgIpc) is 3.12. The van der Waals surface area contributed by atoms with Crippen molar-refractivity contribution in [3.05, 3.63) is 71.7 Å². The van der Waals surface area contributed by atoms with Crippen LogP contribution in [0.1, 0.15) is 40.9 Å². The third-order valence-electron chi connectivity index (χ3n) is 5.19. The molecule has 6 nitrogen and oxygen atoms in total. The summed E-state index contributed by atoms with van der Waals surface area (Å²) in [6, 6.07) is 13.7. The second kappa shape index (κ2) is 8.35. The third-order valence-corrected chi connectivity index (χ3v) is 5.19. The molecule has 6 heteroatoms. The van der Waals surface area contributed by atoms with Gasteiger partial charge < -0.3 is 5.32 Å². The van der Waals surface area contributed by atoms with E-state index in [1.54, 1.807) is 17.1 Å². The number of pyridine rings is 1. The molecule has 4 rings (SSSR count). The fourth-order valence-electron chi connectivity index (χ4n) is 3.61. The van der Waals surface area contributed by atoms with Crippen LogP contribution in [0.5, 0.6) is 0 Å². The number of piperidine rings is 1.